The molecule has 3 rings (SSSR count). The Morgan fingerprint density at radius 2 is 2.04 bits per heavy atom. The molecule has 0 unspecified atom stereocenters. The Hall–Kier alpha value is -1.37. The predicted molar refractivity (Wildman–Crippen MR) is 100 cm³/mol. The van der Waals surface area contributed by atoms with Crippen molar-refractivity contribution in [1.82, 2.24) is 4.90 Å². The third-order valence-corrected chi connectivity index (χ3v) is 5.43. The molecule has 0 N–H and O–H groups in total. The largest absolute Gasteiger partial charge is 0.285 e. The summed E-state index contributed by atoms with van der Waals surface area (Å²) in [5.41, 5.74) is 1.02. The van der Waals surface area contributed by atoms with Crippen molar-refractivity contribution in [3.63, 3.8) is 0 Å². The van der Waals surface area contributed by atoms with Crippen molar-refractivity contribution in [2.45, 2.75) is 5.75 Å². The van der Waals surface area contributed by atoms with Crippen molar-refractivity contribution in [3.05, 3.63) is 68.9 Å². The average molecular weight is 428 g/mol. The fraction of sp³-hybridized carbons (Fsp3) is 0.176. The first-order valence-corrected chi connectivity index (χ1v) is 9.39. The fourth-order valence-corrected chi connectivity index (χ4v) is 3.81. The number of aliphatic imine (C=N–C) groups is 1. The van der Waals surface area contributed by atoms with E-state index in [1.807, 2.05) is 24.3 Å². The van der Waals surface area contributed by atoms with Gasteiger partial charge in [-0.15, -0.1) is 0 Å². The number of halogens is 3. The van der Waals surface area contributed by atoms with Crippen LogP contribution in [0.25, 0.3) is 0 Å². The minimum absolute atomic E-state index is 0.0991. The molecule has 2 aromatic carbocycles. The summed E-state index contributed by atoms with van der Waals surface area (Å²) in [4.78, 5) is 18.5. The number of carbonyl (C=O) groups is 1. The smallest absolute Gasteiger partial charge is 0.264 e. The molecule has 0 spiro atoms. The summed E-state index contributed by atoms with van der Waals surface area (Å²) in [6.07, 6.45) is 0. The predicted octanol–water partition coefficient (Wildman–Crippen LogP) is 4.99. The summed E-state index contributed by atoms with van der Waals surface area (Å²) < 4.78 is 15.0. The number of amidine groups is 1. The van der Waals surface area contributed by atoms with Crippen molar-refractivity contribution in [1.29, 1.82) is 0 Å². The van der Waals surface area contributed by atoms with Gasteiger partial charge < -0.3 is 0 Å². The number of amides is 1. The topological polar surface area (TPSA) is 32.7 Å². The Labute approximate surface area is 157 Å². The molecule has 24 heavy (non-hydrogen) atoms. The van der Waals surface area contributed by atoms with E-state index in [9.17, 15) is 9.18 Å². The second-order valence-electron chi connectivity index (χ2n) is 5.13. The van der Waals surface area contributed by atoms with Crippen LogP contribution in [0.5, 0.6) is 0 Å². The van der Waals surface area contributed by atoms with Crippen LogP contribution < -0.4 is 0 Å². The zero-order valence-corrected chi connectivity index (χ0v) is 15.7. The van der Waals surface area contributed by atoms with E-state index < -0.39 is 11.7 Å². The zero-order valence-electron chi connectivity index (χ0n) is 12.5. The maximum atomic E-state index is 14.0. The van der Waals surface area contributed by atoms with E-state index >= 15 is 0 Å². The molecule has 0 aliphatic carbocycles. The highest BCUT2D eigenvalue weighted by Gasteiger charge is 2.28. The van der Waals surface area contributed by atoms with Gasteiger partial charge in [-0.1, -0.05) is 57.5 Å². The van der Waals surface area contributed by atoms with E-state index in [-0.39, 0.29) is 10.6 Å². The van der Waals surface area contributed by atoms with Crippen LogP contribution in [0, 0.1) is 5.82 Å². The summed E-state index contributed by atoms with van der Waals surface area (Å²) in [6, 6.07) is 12.2. The quantitative estimate of drug-likeness (QED) is 0.691. The van der Waals surface area contributed by atoms with E-state index in [2.05, 4.69) is 20.9 Å². The highest BCUT2D eigenvalue weighted by Crippen LogP contribution is 2.26. The summed E-state index contributed by atoms with van der Waals surface area (Å²) >= 11 is 10.9. The molecule has 1 heterocycles. The van der Waals surface area contributed by atoms with Gasteiger partial charge in [-0.05, 0) is 29.8 Å². The van der Waals surface area contributed by atoms with E-state index in [0.717, 1.165) is 10.0 Å². The van der Waals surface area contributed by atoms with Crippen LogP contribution in [0.3, 0.4) is 0 Å². The second kappa shape index (κ2) is 7.68. The standard InChI is InChI=1S/C17H13BrClFN2OS/c18-12-6-4-11(5-7-12)10-24-17-21-8-9-22(17)16(23)15-13(19)2-1-3-14(15)20/h1-7H,8-10H2. The first kappa shape index (κ1) is 17.5. The highest BCUT2D eigenvalue weighted by atomic mass is 79.9. The third kappa shape index (κ3) is 3.82. The molecule has 0 aromatic heterocycles. The lowest BCUT2D eigenvalue weighted by atomic mass is 10.2. The van der Waals surface area contributed by atoms with E-state index in [1.165, 1.54) is 34.9 Å². The molecule has 7 heteroatoms. The van der Waals surface area contributed by atoms with Crippen molar-refractivity contribution < 1.29 is 9.18 Å². The van der Waals surface area contributed by atoms with Crippen LogP contribution in [0.1, 0.15) is 15.9 Å². The number of carbonyl (C=O) groups excluding carboxylic acids is 1. The van der Waals surface area contributed by atoms with Gasteiger partial charge in [0, 0.05) is 16.8 Å². The van der Waals surface area contributed by atoms with Crippen LogP contribution in [-0.4, -0.2) is 29.1 Å². The number of hydrogen-bond donors (Lipinski definition) is 0. The summed E-state index contributed by atoms with van der Waals surface area (Å²) in [5.74, 6) is -0.379. The zero-order chi connectivity index (χ0) is 17.1. The summed E-state index contributed by atoms with van der Waals surface area (Å²) in [7, 11) is 0. The Morgan fingerprint density at radius 1 is 1.29 bits per heavy atom. The SMILES string of the molecule is O=C(c1c(F)cccc1Cl)N1CCN=C1SCc1ccc(Br)cc1. The Balaban J connectivity index is 1.73. The highest BCUT2D eigenvalue weighted by molar-refractivity contribution is 9.10. The average Bonchev–Trinajstić information content (AvgIpc) is 3.02. The van der Waals surface area contributed by atoms with Crippen LogP contribution in [0.2, 0.25) is 5.02 Å². The lowest BCUT2D eigenvalue weighted by Crippen LogP contribution is -2.33. The first-order valence-electron chi connectivity index (χ1n) is 7.24. The van der Waals surface area contributed by atoms with Gasteiger partial charge in [-0.3, -0.25) is 14.7 Å². The molecular weight excluding hydrogens is 415 g/mol. The third-order valence-electron chi connectivity index (χ3n) is 3.50. The van der Waals surface area contributed by atoms with Gasteiger partial charge in [0.05, 0.1) is 17.1 Å². The van der Waals surface area contributed by atoms with Crippen molar-refractivity contribution >= 4 is 50.4 Å². The molecule has 3 nitrogen and oxygen atoms in total. The normalized spacial score (nSPS) is 14.0. The van der Waals surface area contributed by atoms with Crippen molar-refractivity contribution in [2.24, 2.45) is 4.99 Å². The van der Waals surface area contributed by atoms with E-state index in [1.54, 1.807) is 0 Å². The molecule has 0 radical (unpaired) electrons. The Kier molecular flexibility index (Phi) is 5.58. The van der Waals surface area contributed by atoms with Crippen LogP contribution in [0.4, 0.5) is 4.39 Å². The van der Waals surface area contributed by atoms with Gasteiger partial charge >= 0.3 is 0 Å². The first-order chi connectivity index (χ1) is 11.6. The van der Waals surface area contributed by atoms with Gasteiger partial charge in [0.25, 0.3) is 5.91 Å². The molecule has 1 aliphatic heterocycles. The van der Waals surface area contributed by atoms with Gasteiger partial charge in [0.2, 0.25) is 0 Å². The maximum absolute atomic E-state index is 14.0. The molecule has 1 aliphatic rings. The number of thioether (sulfide) groups is 1. The molecule has 1 amide bonds. The van der Waals surface area contributed by atoms with Gasteiger partial charge in [-0.25, -0.2) is 4.39 Å². The number of nitrogens with zero attached hydrogens (tertiary/aromatic N) is 2. The molecule has 0 fully saturated rings. The molecule has 0 saturated heterocycles. The van der Waals surface area contributed by atoms with Gasteiger partial charge in [0.15, 0.2) is 5.17 Å². The number of benzene rings is 2. The molecule has 0 saturated carbocycles. The minimum atomic E-state index is -0.614. The van der Waals surface area contributed by atoms with Gasteiger partial charge in [0.1, 0.15) is 5.82 Å². The molecule has 0 atom stereocenters. The minimum Gasteiger partial charge on any atom is -0.285 e. The fourth-order valence-electron chi connectivity index (χ4n) is 2.30. The van der Waals surface area contributed by atoms with Crippen LogP contribution in [-0.2, 0) is 5.75 Å². The van der Waals surface area contributed by atoms with Crippen molar-refractivity contribution in [2.75, 3.05) is 13.1 Å². The Bertz CT molecular complexity index is 777. The number of rotatable bonds is 3. The molecule has 0 bridgehead atoms. The Morgan fingerprint density at radius 3 is 2.75 bits per heavy atom. The van der Waals surface area contributed by atoms with Gasteiger partial charge in [-0.2, -0.15) is 0 Å². The van der Waals surface area contributed by atoms with Crippen LogP contribution >= 0.6 is 39.3 Å². The monoisotopic (exact) mass is 426 g/mol. The number of hydrogen-bond acceptors (Lipinski definition) is 3. The second-order valence-corrected chi connectivity index (χ2v) is 7.40. The lowest BCUT2D eigenvalue weighted by Gasteiger charge is -2.19. The van der Waals surface area contributed by atoms with Crippen molar-refractivity contribution in [3.8, 4) is 0 Å². The molecule has 124 valence electrons. The maximum Gasteiger partial charge on any atom is 0.264 e. The molecular formula is C17H13BrClFN2OS. The van der Waals surface area contributed by atoms with E-state index in [0.29, 0.717) is 24.0 Å². The summed E-state index contributed by atoms with van der Waals surface area (Å²) in [6.45, 7) is 0.951. The van der Waals surface area contributed by atoms with Crippen LogP contribution in [0.15, 0.2) is 51.9 Å². The van der Waals surface area contributed by atoms with E-state index in [4.69, 9.17) is 11.6 Å². The lowest BCUT2D eigenvalue weighted by molar-refractivity contribution is 0.0856. The molecule has 2 aromatic rings. The summed E-state index contributed by atoms with van der Waals surface area (Å²) in [5, 5.41) is 0.714.